The van der Waals surface area contributed by atoms with E-state index in [2.05, 4.69) is 29.9 Å². The van der Waals surface area contributed by atoms with Crippen molar-refractivity contribution < 1.29 is 4.79 Å². The van der Waals surface area contributed by atoms with Gasteiger partial charge in [0.15, 0.2) is 0 Å². The maximum atomic E-state index is 12.5. The third kappa shape index (κ3) is 3.61. The number of piperidine rings is 1. The van der Waals surface area contributed by atoms with Crippen molar-refractivity contribution in [3.8, 4) is 0 Å². The van der Waals surface area contributed by atoms with Gasteiger partial charge < -0.3 is 10.6 Å². The minimum Gasteiger partial charge on any atom is -0.349 e. The lowest BCUT2D eigenvalue weighted by molar-refractivity contribution is 0.0913. The van der Waals surface area contributed by atoms with Gasteiger partial charge in [0.25, 0.3) is 5.91 Å². The van der Waals surface area contributed by atoms with Gasteiger partial charge in [-0.15, -0.1) is 23.7 Å². The van der Waals surface area contributed by atoms with E-state index in [4.69, 9.17) is 0 Å². The van der Waals surface area contributed by atoms with Crippen molar-refractivity contribution in [2.75, 3.05) is 13.1 Å². The van der Waals surface area contributed by atoms with Crippen molar-refractivity contribution in [3.05, 3.63) is 21.4 Å². The number of amides is 1. The Hall–Kier alpha value is -0.580. The lowest BCUT2D eigenvalue weighted by Crippen LogP contribution is -2.48. The molecule has 1 aliphatic heterocycles. The Kier molecular flexibility index (Phi) is 5.69. The number of halogens is 1. The summed E-state index contributed by atoms with van der Waals surface area (Å²) in [5.41, 5.74) is 2.27. The Bertz CT molecular complexity index is 502. The van der Waals surface area contributed by atoms with Crippen LogP contribution in [0.4, 0.5) is 0 Å². The first-order valence-electron chi connectivity index (χ1n) is 7.76. The first-order valence-corrected chi connectivity index (χ1v) is 8.64. The number of rotatable bonds is 2. The molecule has 1 amide bonds. The molecule has 21 heavy (non-hydrogen) atoms. The van der Waals surface area contributed by atoms with E-state index in [1.165, 1.54) is 16.9 Å². The van der Waals surface area contributed by atoms with Crippen molar-refractivity contribution in [2.24, 2.45) is 11.8 Å². The number of carbonyl (C=O) groups is 1. The minimum absolute atomic E-state index is 0. The molecule has 5 heteroatoms. The zero-order valence-electron chi connectivity index (χ0n) is 12.8. The second kappa shape index (κ2) is 7.12. The highest BCUT2D eigenvalue weighted by molar-refractivity contribution is 7.10. The van der Waals surface area contributed by atoms with Crippen LogP contribution in [0.15, 0.2) is 5.38 Å². The lowest BCUT2D eigenvalue weighted by Gasteiger charge is -2.30. The highest BCUT2D eigenvalue weighted by Crippen LogP contribution is 2.32. The summed E-state index contributed by atoms with van der Waals surface area (Å²) in [6, 6.07) is 0.321. The molecule has 0 saturated carbocycles. The molecular weight excluding hydrogens is 304 g/mol. The molecule has 3 atom stereocenters. The van der Waals surface area contributed by atoms with Gasteiger partial charge in [-0.3, -0.25) is 4.79 Å². The predicted molar refractivity (Wildman–Crippen MR) is 90.7 cm³/mol. The van der Waals surface area contributed by atoms with E-state index in [-0.39, 0.29) is 18.3 Å². The number of hydrogen-bond donors (Lipinski definition) is 2. The molecule has 1 fully saturated rings. The highest BCUT2D eigenvalue weighted by Gasteiger charge is 2.27. The minimum atomic E-state index is 0. The Labute approximate surface area is 137 Å². The van der Waals surface area contributed by atoms with Crippen LogP contribution >= 0.6 is 23.7 Å². The summed E-state index contributed by atoms with van der Waals surface area (Å²) in [6.07, 6.45) is 4.48. The molecule has 2 heterocycles. The second-order valence-corrected chi connectivity index (χ2v) is 7.41. The first-order chi connectivity index (χ1) is 9.65. The lowest BCUT2D eigenvalue weighted by atomic mass is 9.88. The summed E-state index contributed by atoms with van der Waals surface area (Å²) < 4.78 is 0. The summed E-state index contributed by atoms with van der Waals surface area (Å²) in [7, 11) is 0. The molecule has 0 radical (unpaired) electrons. The summed E-state index contributed by atoms with van der Waals surface area (Å²) in [5, 5.41) is 8.71. The van der Waals surface area contributed by atoms with Crippen LogP contribution in [0.2, 0.25) is 0 Å². The topological polar surface area (TPSA) is 41.1 Å². The van der Waals surface area contributed by atoms with Crippen molar-refractivity contribution in [2.45, 2.75) is 45.6 Å². The largest absolute Gasteiger partial charge is 0.349 e. The van der Waals surface area contributed by atoms with E-state index >= 15 is 0 Å². The molecule has 2 N–H and O–H groups in total. The third-order valence-corrected chi connectivity index (χ3v) is 5.80. The van der Waals surface area contributed by atoms with Crippen LogP contribution in [-0.2, 0) is 12.8 Å². The van der Waals surface area contributed by atoms with Crippen LogP contribution in [0.1, 0.15) is 47.5 Å². The molecule has 118 valence electrons. The fraction of sp³-hybridized carbons (Fsp3) is 0.688. The Balaban J connectivity index is 0.00000161. The third-order valence-electron chi connectivity index (χ3n) is 4.75. The molecule has 3 unspecified atom stereocenters. The molecule has 2 aliphatic rings. The van der Waals surface area contributed by atoms with Gasteiger partial charge in [-0.25, -0.2) is 0 Å². The van der Waals surface area contributed by atoms with Crippen molar-refractivity contribution in [3.63, 3.8) is 0 Å². The van der Waals surface area contributed by atoms with E-state index in [9.17, 15) is 4.79 Å². The fourth-order valence-corrected chi connectivity index (χ4v) is 4.59. The van der Waals surface area contributed by atoms with Gasteiger partial charge in [-0.05, 0) is 56.2 Å². The van der Waals surface area contributed by atoms with E-state index in [1.807, 2.05) is 0 Å². The van der Waals surface area contributed by atoms with E-state index in [1.54, 1.807) is 11.3 Å². The SMILES string of the molecule is CC1CCc2c(C(=O)NC3CCNCC3C)csc2C1.Cl. The van der Waals surface area contributed by atoms with Gasteiger partial charge in [-0.2, -0.15) is 0 Å². The van der Waals surface area contributed by atoms with E-state index < -0.39 is 0 Å². The quantitative estimate of drug-likeness (QED) is 0.876. The average molecular weight is 329 g/mol. The molecule has 0 aromatic carbocycles. The van der Waals surface area contributed by atoms with Crippen LogP contribution in [0, 0.1) is 11.8 Å². The highest BCUT2D eigenvalue weighted by atomic mass is 35.5. The van der Waals surface area contributed by atoms with Crippen LogP contribution in [0.25, 0.3) is 0 Å². The number of nitrogens with one attached hydrogen (secondary N) is 2. The smallest absolute Gasteiger partial charge is 0.252 e. The molecule has 1 aromatic heterocycles. The predicted octanol–water partition coefficient (Wildman–Crippen LogP) is 3.02. The molecule has 0 spiro atoms. The molecule has 3 nitrogen and oxygen atoms in total. The van der Waals surface area contributed by atoms with Crippen molar-refractivity contribution in [1.82, 2.24) is 10.6 Å². The van der Waals surface area contributed by atoms with Gasteiger partial charge in [0, 0.05) is 16.3 Å². The van der Waals surface area contributed by atoms with Crippen LogP contribution < -0.4 is 10.6 Å². The maximum absolute atomic E-state index is 12.5. The first kappa shape index (κ1) is 16.8. The molecule has 1 saturated heterocycles. The Morgan fingerprint density at radius 1 is 1.38 bits per heavy atom. The molecule has 1 aromatic rings. The zero-order valence-corrected chi connectivity index (χ0v) is 14.4. The molecule has 1 aliphatic carbocycles. The maximum Gasteiger partial charge on any atom is 0.252 e. The Morgan fingerprint density at radius 2 is 2.19 bits per heavy atom. The normalized spacial score (nSPS) is 28.4. The van der Waals surface area contributed by atoms with Crippen LogP contribution in [-0.4, -0.2) is 25.0 Å². The summed E-state index contributed by atoms with van der Waals surface area (Å²) >= 11 is 1.77. The average Bonchev–Trinajstić information content (AvgIpc) is 2.84. The molecule has 3 rings (SSSR count). The Morgan fingerprint density at radius 3 is 2.95 bits per heavy atom. The number of fused-ring (bicyclic) bond motifs is 1. The summed E-state index contributed by atoms with van der Waals surface area (Å²) in [5.74, 6) is 1.43. The van der Waals surface area contributed by atoms with Gasteiger partial charge in [-0.1, -0.05) is 13.8 Å². The molecular formula is C16H25ClN2OS. The number of carbonyl (C=O) groups excluding carboxylic acids is 1. The monoisotopic (exact) mass is 328 g/mol. The van der Waals surface area contributed by atoms with Crippen molar-refractivity contribution in [1.29, 1.82) is 0 Å². The van der Waals surface area contributed by atoms with E-state index in [0.29, 0.717) is 12.0 Å². The summed E-state index contributed by atoms with van der Waals surface area (Å²) in [6.45, 7) is 6.53. The number of hydrogen-bond acceptors (Lipinski definition) is 3. The van der Waals surface area contributed by atoms with Crippen LogP contribution in [0.5, 0.6) is 0 Å². The molecule has 0 bridgehead atoms. The number of thiophene rings is 1. The zero-order chi connectivity index (χ0) is 14.1. The van der Waals surface area contributed by atoms with Crippen LogP contribution in [0.3, 0.4) is 0 Å². The van der Waals surface area contributed by atoms with Gasteiger partial charge in [0.05, 0.1) is 5.56 Å². The standard InChI is InChI=1S/C16H24N2OS.ClH/c1-10-3-4-12-13(9-20-15(12)7-10)16(19)18-14-5-6-17-8-11(14)2;/h9-11,14,17H,3-8H2,1-2H3,(H,18,19);1H. The van der Waals surface area contributed by atoms with Gasteiger partial charge >= 0.3 is 0 Å². The van der Waals surface area contributed by atoms with Crippen molar-refractivity contribution >= 4 is 29.7 Å². The summed E-state index contributed by atoms with van der Waals surface area (Å²) in [4.78, 5) is 14.0. The second-order valence-electron chi connectivity index (χ2n) is 6.45. The van der Waals surface area contributed by atoms with E-state index in [0.717, 1.165) is 43.8 Å². The van der Waals surface area contributed by atoms with Gasteiger partial charge in [0.1, 0.15) is 0 Å². The van der Waals surface area contributed by atoms with Gasteiger partial charge in [0.2, 0.25) is 0 Å². The fourth-order valence-electron chi connectivity index (χ4n) is 3.34.